The number of hydrogen-bond acceptors (Lipinski definition) is 2. The fraction of sp³-hybridized carbons (Fsp3) is 0.294. The van der Waals surface area contributed by atoms with Crippen molar-refractivity contribution in [3.8, 4) is 5.75 Å². The molecule has 0 saturated heterocycles. The van der Waals surface area contributed by atoms with Crippen LogP contribution in [0.2, 0.25) is 10.0 Å². The molecule has 21 heavy (non-hydrogen) atoms. The molecule has 0 aromatic heterocycles. The summed E-state index contributed by atoms with van der Waals surface area (Å²) in [4.78, 5) is 0. The number of nitrogens with one attached hydrogen (secondary N) is 1. The third-order valence-electron chi connectivity index (χ3n) is 3.79. The Morgan fingerprint density at radius 3 is 2.81 bits per heavy atom. The molecule has 0 aliphatic carbocycles. The van der Waals surface area contributed by atoms with E-state index in [0.717, 1.165) is 24.3 Å². The number of rotatable bonds is 4. The molecular weight excluding hydrogens is 305 g/mol. The third kappa shape index (κ3) is 3.34. The number of ether oxygens (including phenoxy) is 1. The first kappa shape index (κ1) is 14.7. The normalized spacial score (nSPS) is 18.1. The molecule has 2 aromatic carbocycles. The molecule has 1 aliphatic rings. The average molecular weight is 322 g/mol. The number of fused-ring (bicyclic) bond motifs is 1. The molecule has 3 rings (SSSR count). The van der Waals surface area contributed by atoms with Gasteiger partial charge in [-0.2, -0.15) is 0 Å². The van der Waals surface area contributed by atoms with Crippen molar-refractivity contribution >= 4 is 23.2 Å². The van der Waals surface area contributed by atoms with Gasteiger partial charge in [0.1, 0.15) is 11.9 Å². The van der Waals surface area contributed by atoms with E-state index in [4.69, 9.17) is 27.9 Å². The van der Waals surface area contributed by atoms with Crippen molar-refractivity contribution in [2.75, 3.05) is 6.54 Å². The quantitative estimate of drug-likeness (QED) is 0.885. The minimum Gasteiger partial charge on any atom is -0.488 e. The molecule has 2 nitrogen and oxygen atoms in total. The minimum atomic E-state index is 0.155. The van der Waals surface area contributed by atoms with Gasteiger partial charge in [0.05, 0.1) is 0 Å². The lowest BCUT2D eigenvalue weighted by molar-refractivity contribution is 0.222. The zero-order valence-corrected chi connectivity index (χ0v) is 13.3. The Hall–Kier alpha value is -1.22. The summed E-state index contributed by atoms with van der Waals surface area (Å²) in [6.07, 6.45) is 1.13. The van der Waals surface area contributed by atoms with Crippen LogP contribution in [0.3, 0.4) is 0 Å². The summed E-state index contributed by atoms with van der Waals surface area (Å²) >= 11 is 12.2. The van der Waals surface area contributed by atoms with Gasteiger partial charge in [-0.3, -0.25) is 0 Å². The number of para-hydroxylation sites is 1. The lowest BCUT2D eigenvalue weighted by Crippen LogP contribution is -2.32. The Morgan fingerprint density at radius 2 is 2.05 bits per heavy atom. The van der Waals surface area contributed by atoms with Crippen LogP contribution in [0.15, 0.2) is 42.5 Å². The lowest BCUT2D eigenvalue weighted by Gasteiger charge is -2.18. The van der Waals surface area contributed by atoms with E-state index < -0.39 is 0 Å². The monoisotopic (exact) mass is 321 g/mol. The van der Waals surface area contributed by atoms with Gasteiger partial charge in [0.25, 0.3) is 0 Å². The fourth-order valence-corrected chi connectivity index (χ4v) is 3.21. The molecule has 2 aromatic rings. The van der Waals surface area contributed by atoms with Crippen LogP contribution in [0.5, 0.6) is 5.75 Å². The van der Waals surface area contributed by atoms with Crippen LogP contribution >= 0.6 is 23.2 Å². The van der Waals surface area contributed by atoms with E-state index in [0.29, 0.717) is 10.0 Å². The van der Waals surface area contributed by atoms with Crippen molar-refractivity contribution < 1.29 is 4.74 Å². The summed E-state index contributed by atoms with van der Waals surface area (Å²) < 4.78 is 5.93. The maximum atomic E-state index is 6.24. The third-order valence-corrected chi connectivity index (χ3v) is 4.36. The molecule has 0 spiro atoms. The topological polar surface area (TPSA) is 21.3 Å². The van der Waals surface area contributed by atoms with Gasteiger partial charge in [0.2, 0.25) is 0 Å². The van der Waals surface area contributed by atoms with E-state index in [2.05, 4.69) is 18.3 Å². The van der Waals surface area contributed by atoms with Gasteiger partial charge in [-0.25, -0.2) is 0 Å². The minimum absolute atomic E-state index is 0.155. The molecule has 1 N–H and O–H groups in total. The molecular formula is C17H17Cl2NO. The van der Waals surface area contributed by atoms with E-state index in [1.165, 1.54) is 5.56 Å². The second-order valence-electron chi connectivity index (χ2n) is 5.35. The van der Waals surface area contributed by atoms with Crippen molar-refractivity contribution in [2.45, 2.75) is 25.5 Å². The molecule has 0 radical (unpaired) electrons. The van der Waals surface area contributed by atoms with Gasteiger partial charge >= 0.3 is 0 Å². The highest BCUT2D eigenvalue weighted by atomic mass is 35.5. The number of hydrogen-bond donors (Lipinski definition) is 1. The van der Waals surface area contributed by atoms with Crippen LogP contribution in [0.25, 0.3) is 0 Å². The predicted molar refractivity (Wildman–Crippen MR) is 87.4 cm³/mol. The Bertz CT molecular complexity index is 619. The first-order valence-electron chi connectivity index (χ1n) is 7.06. The standard InChI is InChI=1S/C17H17Cl2NO/c1-11(15-7-6-13(18)9-16(15)19)20-10-14-8-12-4-2-3-5-17(12)21-14/h2-7,9,11,14,20H,8,10H2,1H3. The lowest BCUT2D eigenvalue weighted by atomic mass is 10.1. The molecule has 0 amide bonds. The predicted octanol–water partition coefficient (Wildman–Crippen LogP) is 4.65. The van der Waals surface area contributed by atoms with Crippen LogP contribution in [-0.2, 0) is 6.42 Å². The molecule has 1 aliphatic heterocycles. The summed E-state index contributed by atoms with van der Waals surface area (Å²) in [6.45, 7) is 2.88. The van der Waals surface area contributed by atoms with Crippen LogP contribution < -0.4 is 10.1 Å². The summed E-state index contributed by atoms with van der Waals surface area (Å²) in [5.41, 5.74) is 2.33. The van der Waals surface area contributed by atoms with Crippen LogP contribution in [0.1, 0.15) is 24.1 Å². The highest BCUT2D eigenvalue weighted by Crippen LogP contribution is 2.29. The van der Waals surface area contributed by atoms with Gasteiger partial charge in [-0.1, -0.05) is 47.5 Å². The Labute approximate surface area is 135 Å². The van der Waals surface area contributed by atoms with E-state index in [1.54, 1.807) is 6.07 Å². The van der Waals surface area contributed by atoms with Crippen molar-refractivity contribution in [3.05, 3.63) is 63.6 Å². The molecule has 2 atom stereocenters. The van der Waals surface area contributed by atoms with Gasteiger partial charge < -0.3 is 10.1 Å². The summed E-state index contributed by atoms with van der Waals surface area (Å²) in [6, 6.07) is 14.0. The van der Waals surface area contributed by atoms with Crippen molar-refractivity contribution in [3.63, 3.8) is 0 Å². The molecule has 110 valence electrons. The molecule has 4 heteroatoms. The van der Waals surface area contributed by atoms with Gasteiger partial charge in [0.15, 0.2) is 0 Å². The highest BCUT2D eigenvalue weighted by Gasteiger charge is 2.22. The van der Waals surface area contributed by atoms with Gasteiger partial charge in [0, 0.05) is 29.1 Å². The van der Waals surface area contributed by atoms with E-state index in [9.17, 15) is 0 Å². The van der Waals surface area contributed by atoms with Crippen molar-refractivity contribution in [1.29, 1.82) is 0 Å². The second kappa shape index (κ2) is 6.27. The summed E-state index contributed by atoms with van der Waals surface area (Å²) in [7, 11) is 0. The Morgan fingerprint density at radius 1 is 1.24 bits per heavy atom. The number of benzene rings is 2. The average Bonchev–Trinajstić information content (AvgIpc) is 2.87. The zero-order valence-electron chi connectivity index (χ0n) is 11.8. The van der Waals surface area contributed by atoms with E-state index >= 15 is 0 Å². The fourth-order valence-electron chi connectivity index (χ4n) is 2.64. The Balaban J connectivity index is 1.59. The van der Waals surface area contributed by atoms with E-state index in [-0.39, 0.29) is 12.1 Å². The smallest absolute Gasteiger partial charge is 0.123 e. The maximum Gasteiger partial charge on any atom is 0.123 e. The van der Waals surface area contributed by atoms with Gasteiger partial charge in [-0.15, -0.1) is 0 Å². The second-order valence-corrected chi connectivity index (χ2v) is 6.19. The number of halogens is 2. The van der Waals surface area contributed by atoms with Crippen LogP contribution in [0.4, 0.5) is 0 Å². The summed E-state index contributed by atoms with van der Waals surface area (Å²) in [5.74, 6) is 1.00. The molecule has 0 saturated carbocycles. The van der Waals surface area contributed by atoms with Crippen molar-refractivity contribution in [2.24, 2.45) is 0 Å². The SMILES string of the molecule is CC(NCC1Cc2ccccc2O1)c1ccc(Cl)cc1Cl. The maximum absolute atomic E-state index is 6.24. The zero-order chi connectivity index (χ0) is 14.8. The van der Waals surface area contributed by atoms with Gasteiger partial charge in [-0.05, 0) is 36.2 Å². The molecule has 0 fully saturated rings. The highest BCUT2D eigenvalue weighted by molar-refractivity contribution is 6.35. The largest absolute Gasteiger partial charge is 0.488 e. The molecule has 2 unspecified atom stereocenters. The van der Waals surface area contributed by atoms with Crippen LogP contribution in [-0.4, -0.2) is 12.6 Å². The van der Waals surface area contributed by atoms with Crippen LogP contribution in [0, 0.1) is 0 Å². The molecule has 0 bridgehead atoms. The first-order chi connectivity index (χ1) is 10.1. The molecule has 1 heterocycles. The Kier molecular flexibility index (Phi) is 4.39. The first-order valence-corrected chi connectivity index (χ1v) is 7.82. The van der Waals surface area contributed by atoms with E-state index in [1.807, 2.05) is 30.3 Å². The van der Waals surface area contributed by atoms with Crippen molar-refractivity contribution in [1.82, 2.24) is 5.32 Å². The summed E-state index contributed by atoms with van der Waals surface area (Å²) in [5, 5.41) is 4.83.